The Labute approximate surface area is 168 Å². The Hall–Kier alpha value is -3.86. The second kappa shape index (κ2) is 7.28. The maximum absolute atomic E-state index is 13.4. The zero-order valence-electron chi connectivity index (χ0n) is 16.0. The maximum atomic E-state index is 13.4. The molecule has 0 saturated carbocycles. The van der Waals surface area contributed by atoms with E-state index in [-0.39, 0.29) is 11.7 Å². The largest absolute Gasteiger partial charge is 0.504 e. The smallest absolute Gasteiger partial charge is 0.265 e. The molecule has 1 N–H and O–H groups in total. The van der Waals surface area contributed by atoms with Crippen LogP contribution in [0.5, 0.6) is 11.5 Å². The van der Waals surface area contributed by atoms with Crippen LogP contribution < -0.4 is 9.64 Å². The summed E-state index contributed by atoms with van der Waals surface area (Å²) < 4.78 is 5.16. The van der Waals surface area contributed by atoms with Crippen LogP contribution in [0.3, 0.4) is 0 Å². The number of phenolic OH excluding ortho intramolecular Hbond substituents is 1. The Balaban J connectivity index is 1.90. The van der Waals surface area contributed by atoms with Crippen molar-refractivity contribution in [2.45, 2.75) is 6.92 Å². The number of hydrogen-bond acceptors (Lipinski definition) is 4. The third-order valence-corrected chi connectivity index (χ3v) is 4.86. The van der Waals surface area contributed by atoms with Gasteiger partial charge in [-0.3, -0.25) is 9.59 Å². The third kappa shape index (κ3) is 3.27. The number of phenols is 1. The molecule has 0 aliphatic carbocycles. The fourth-order valence-electron chi connectivity index (χ4n) is 3.44. The van der Waals surface area contributed by atoms with Gasteiger partial charge in [-0.1, -0.05) is 36.4 Å². The SMILES string of the molecule is COc1cc(/C=C2\C(=O)N(c3cccc(C)c3)C(=O)c3ccccc32)ccc1O. The normalized spacial score (nSPS) is 14.8. The molecule has 1 aliphatic rings. The van der Waals surface area contributed by atoms with Crippen LogP contribution in [0.2, 0.25) is 0 Å². The number of carbonyl (C=O) groups is 2. The minimum Gasteiger partial charge on any atom is -0.504 e. The van der Waals surface area contributed by atoms with Crippen molar-refractivity contribution in [3.63, 3.8) is 0 Å². The van der Waals surface area contributed by atoms with Crippen molar-refractivity contribution >= 4 is 29.2 Å². The fraction of sp³-hybridized carbons (Fsp3) is 0.0833. The maximum Gasteiger partial charge on any atom is 0.265 e. The van der Waals surface area contributed by atoms with Gasteiger partial charge in [-0.15, -0.1) is 0 Å². The lowest BCUT2D eigenvalue weighted by Crippen LogP contribution is -2.41. The zero-order chi connectivity index (χ0) is 20.5. The molecule has 0 spiro atoms. The van der Waals surface area contributed by atoms with Crippen molar-refractivity contribution < 1.29 is 19.4 Å². The molecule has 5 heteroatoms. The van der Waals surface area contributed by atoms with Crippen molar-refractivity contribution in [2.24, 2.45) is 0 Å². The summed E-state index contributed by atoms with van der Waals surface area (Å²) in [6.07, 6.45) is 1.71. The number of ether oxygens (including phenoxy) is 1. The van der Waals surface area contributed by atoms with Crippen LogP contribution in [0.4, 0.5) is 5.69 Å². The molecule has 0 saturated heterocycles. The van der Waals surface area contributed by atoms with Crippen molar-refractivity contribution in [3.8, 4) is 11.5 Å². The first kappa shape index (κ1) is 18.5. The topological polar surface area (TPSA) is 66.8 Å². The van der Waals surface area contributed by atoms with Gasteiger partial charge in [0.05, 0.1) is 12.8 Å². The molecule has 3 aromatic rings. The first-order valence-corrected chi connectivity index (χ1v) is 9.13. The molecule has 144 valence electrons. The van der Waals surface area contributed by atoms with Gasteiger partial charge in [-0.25, -0.2) is 4.90 Å². The van der Waals surface area contributed by atoms with Gasteiger partial charge in [0.2, 0.25) is 0 Å². The van der Waals surface area contributed by atoms with E-state index in [1.165, 1.54) is 18.1 Å². The molecule has 4 rings (SSSR count). The Morgan fingerprint density at radius 3 is 2.38 bits per heavy atom. The Morgan fingerprint density at radius 1 is 0.897 bits per heavy atom. The highest BCUT2D eigenvalue weighted by Crippen LogP contribution is 2.35. The minimum atomic E-state index is -0.397. The molecule has 29 heavy (non-hydrogen) atoms. The number of aromatic hydroxyl groups is 1. The van der Waals surface area contributed by atoms with E-state index in [1.807, 2.05) is 25.1 Å². The molecule has 0 fully saturated rings. The van der Waals surface area contributed by atoms with E-state index in [1.54, 1.807) is 48.5 Å². The average Bonchev–Trinajstić information content (AvgIpc) is 2.72. The van der Waals surface area contributed by atoms with Gasteiger partial charge in [0, 0.05) is 11.1 Å². The summed E-state index contributed by atoms with van der Waals surface area (Å²) in [5.41, 5.74) is 3.61. The molecule has 0 unspecified atom stereocenters. The summed E-state index contributed by atoms with van der Waals surface area (Å²) >= 11 is 0. The van der Waals surface area contributed by atoms with Gasteiger partial charge in [-0.2, -0.15) is 0 Å². The van der Waals surface area contributed by atoms with Crippen molar-refractivity contribution in [1.29, 1.82) is 0 Å². The van der Waals surface area contributed by atoms with Gasteiger partial charge in [0.25, 0.3) is 11.8 Å². The van der Waals surface area contributed by atoms with Gasteiger partial charge < -0.3 is 9.84 Å². The summed E-state index contributed by atoms with van der Waals surface area (Å²) in [6, 6.07) is 19.2. The average molecular weight is 385 g/mol. The number of methoxy groups -OCH3 is 1. The van der Waals surface area contributed by atoms with E-state index >= 15 is 0 Å². The molecule has 0 radical (unpaired) electrons. The van der Waals surface area contributed by atoms with Gasteiger partial charge in [0.1, 0.15) is 0 Å². The summed E-state index contributed by atoms with van der Waals surface area (Å²) in [6.45, 7) is 1.91. The fourth-order valence-corrected chi connectivity index (χ4v) is 3.44. The van der Waals surface area contributed by atoms with Crippen molar-refractivity contribution in [1.82, 2.24) is 0 Å². The number of benzene rings is 3. The molecule has 1 aliphatic heterocycles. The molecule has 0 aromatic heterocycles. The standard InChI is InChI=1S/C24H19NO4/c1-15-6-5-7-17(12-15)25-23(27)19-9-4-3-8-18(19)20(24(25)28)13-16-10-11-21(26)22(14-16)29-2/h3-14,26H,1-2H3/b20-13-. The predicted octanol–water partition coefficient (Wildman–Crippen LogP) is 4.44. The molecule has 0 bridgehead atoms. The van der Waals surface area contributed by atoms with Crippen LogP contribution in [0.15, 0.2) is 66.7 Å². The third-order valence-electron chi connectivity index (χ3n) is 4.86. The van der Waals surface area contributed by atoms with Crippen LogP contribution in [0.25, 0.3) is 11.6 Å². The summed E-state index contributed by atoms with van der Waals surface area (Å²) in [7, 11) is 1.46. The highest BCUT2D eigenvalue weighted by molar-refractivity contribution is 6.43. The monoisotopic (exact) mass is 385 g/mol. The number of hydrogen-bond donors (Lipinski definition) is 1. The number of amides is 2. The number of fused-ring (bicyclic) bond motifs is 1. The predicted molar refractivity (Wildman–Crippen MR) is 112 cm³/mol. The van der Waals surface area contributed by atoms with E-state index in [0.29, 0.717) is 33.7 Å². The lowest BCUT2D eigenvalue weighted by molar-refractivity contribution is -0.112. The van der Waals surface area contributed by atoms with Gasteiger partial charge in [0.15, 0.2) is 11.5 Å². The summed E-state index contributed by atoms with van der Waals surface area (Å²) in [4.78, 5) is 27.7. The zero-order valence-corrected chi connectivity index (χ0v) is 16.0. The first-order chi connectivity index (χ1) is 14.0. The van der Waals surface area contributed by atoms with E-state index in [4.69, 9.17) is 4.74 Å². The van der Waals surface area contributed by atoms with E-state index < -0.39 is 5.91 Å². The molecule has 1 heterocycles. The van der Waals surface area contributed by atoms with Crippen LogP contribution in [0.1, 0.15) is 27.0 Å². The Morgan fingerprint density at radius 2 is 1.66 bits per heavy atom. The number of carbonyl (C=O) groups excluding carboxylic acids is 2. The second-order valence-electron chi connectivity index (χ2n) is 6.82. The highest BCUT2D eigenvalue weighted by atomic mass is 16.5. The molecule has 5 nitrogen and oxygen atoms in total. The van der Waals surface area contributed by atoms with Crippen LogP contribution in [-0.4, -0.2) is 24.0 Å². The molecular weight excluding hydrogens is 366 g/mol. The van der Waals surface area contributed by atoms with E-state index in [0.717, 1.165) is 5.56 Å². The number of anilines is 1. The number of aryl methyl sites for hydroxylation is 1. The molecular formula is C24H19NO4. The number of rotatable bonds is 3. The summed E-state index contributed by atoms with van der Waals surface area (Å²) in [5.74, 6) is -0.424. The Bertz CT molecular complexity index is 1160. The minimum absolute atomic E-state index is 0.0154. The second-order valence-corrected chi connectivity index (χ2v) is 6.82. The van der Waals surface area contributed by atoms with Gasteiger partial charge in [-0.05, 0) is 60.0 Å². The first-order valence-electron chi connectivity index (χ1n) is 9.13. The van der Waals surface area contributed by atoms with E-state index in [2.05, 4.69) is 0 Å². The quantitative estimate of drug-likeness (QED) is 0.535. The number of nitrogens with zero attached hydrogens (tertiary/aromatic N) is 1. The highest BCUT2D eigenvalue weighted by Gasteiger charge is 2.35. The van der Waals surface area contributed by atoms with Crippen LogP contribution in [-0.2, 0) is 4.79 Å². The van der Waals surface area contributed by atoms with Crippen LogP contribution in [0, 0.1) is 6.92 Å². The Kier molecular flexibility index (Phi) is 4.64. The molecule has 2 amide bonds. The lowest BCUT2D eigenvalue weighted by Gasteiger charge is -2.29. The van der Waals surface area contributed by atoms with Gasteiger partial charge >= 0.3 is 0 Å². The van der Waals surface area contributed by atoms with Crippen LogP contribution >= 0.6 is 0 Å². The van der Waals surface area contributed by atoms with Crippen molar-refractivity contribution in [2.75, 3.05) is 12.0 Å². The van der Waals surface area contributed by atoms with E-state index in [9.17, 15) is 14.7 Å². The molecule has 0 atom stereocenters. The van der Waals surface area contributed by atoms with Crippen molar-refractivity contribution in [3.05, 3.63) is 89.0 Å². The lowest BCUT2D eigenvalue weighted by atomic mass is 9.91. The number of imide groups is 1. The molecule has 3 aromatic carbocycles. The summed E-state index contributed by atoms with van der Waals surface area (Å²) in [5, 5.41) is 9.84.